The molecular formula is C10H11FN4O6. The highest BCUT2D eigenvalue weighted by atomic mass is 19.1. The molecule has 1 aliphatic rings. The van der Waals surface area contributed by atoms with Crippen molar-refractivity contribution in [3.8, 4) is 0 Å². The van der Waals surface area contributed by atoms with E-state index in [-0.39, 0.29) is 11.2 Å². The molecule has 0 unspecified atom stereocenters. The molecule has 4 atom stereocenters. The number of imidazole rings is 1. The van der Waals surface area contributed by atoms with E-state index >= 15 is 0 Å². The number of H-pyrrole nitrogens is 2. The summed E-state index contributed by atoms with van der Waals surface area (Å²) in [6.07, 6.45) is -6.74. The van der Waals surface area contributed by atoms with E-state index < -0.39 is 48.5 Å². The van der Waals surface area contributed by atoms with Crippen LogP contribution >= 0.6 is 0 Å². The van der Waals surface area contributed by atoms with Crippen molar-refractivity contribution in [2.75, 3.05) is 6.61 Å². The van der Waals surface area contributed by atoms with Crippen LogP contribution < -0.4 is 11.2 Å². The number of aromatic nitrogens is 4. The molecule has 1 fully saturated rings. The second-order valence-corrected chi connectivity index (χ2v) is 4.58. The zero-order valence-corrected chi connectivity index (χ0v) is 10.4. The Morgan fingerprint density at radius 3 is 2.62 bits per heavy atom. The van der Waals surface area contributed by atoms with Gasteiger partial charge in [0, 0.05) is 0 Å². The molecule has 1 saturated heterocycles. The zero-order valence-electron chi connectivity index (χ0n) is 10.4. The number of hydrogen-bond donors (Lipinski definition) is 5. The highest BCUT2D eigenvalue weighted by molar-refractivity contribution is 5.68. The molecule has 0 radical (unpaired) electrons. The lowest BCUT2D eigenvalue weighted by molar-refractivity contribution is -0.0525. The molecule has 11 heteroatoms. The lowest BCUT2D eigenvalue weighted by atomic mass is 10.1. The van der Waals surface area contributed by atoms with Crippen LogP contribution in [0.4, 0.5) is 4.39 Å². The molecular weight excluding hydrogens is 291 g/mol. The minimum Gasteiger partial charge on any atom is -0.394 e. The van der Waals surface area contributed by atoms with Crippen molar-refractivity contribution < 1.29 is 24.4 Å². The summed E-state index contributed by atoms with van der Waals surface area (Å²) in [7, 11) is 0. The molecule has 3 rings (SSSR count). The zero-order chi connectivity index (χ0) is 15.3. The molecule has 0 aliphatic carbocycles. The maximum atomic E-state index is 13.2. The number of fused-ring (bicyclic) bond motifs is 1. The number of nitrogens with zero attached hydrogens (tertiary/aromatic N) is 2. The summed E-state index contributed by atoms with van der Waals surface area (Å²) in [5.41, 5.74) is -2.43. The largest absolute Gasteiger partial charge is 0.394 e. The normalized spacial score (nSPS) is 29.3. The summed E-state index contributed by atoms with van der Waals surface area (Å²) in [6.45, 7) is -0.589. The van der Waals surface area contributed by atoms with Crippen molar-refractivity contribution in [2.45, 2.75) is 24.5 Å². The maximum Gasteiger partial charge on any atom is 0.330 e. The SMILES string of the molecule is O=c1[nH]c(F)nc2c1[nH]c(=O)n2[C@@H]1O[C@H](CO)[C@@H](O)[C@H]1O. The van der Waals surface area contributed by atoms with Crippen molar-refractivity contribution in [1.29, 1.82) is 0 Å². The van der Waals surface area contributed by atoms with Gasteiger partial charge in [-0.2, -0.15) is 9.37 Å². The Labute approximate surface area is 114 Å². The second kappa shape index (κ2) is 4.73. The Morgan fingerprint density at radius 2 is 2.00 bits per heavy atom. The van der Waals surface area contributed by atoms with Gasteiger partial charge in [0.1, 0.15) is 18.3 Å². The van der Waals surface area contributed by atoms with E-state index in [0.717, 1.165) is 4.57 Å². The van der Waals surface area contributed by atoms with Crippen molar-refractivity contribution in [2.24, 2.45) is 0 Å². The van der Waals surface area contributed by atoms with Gasteiger partial charge < -0.3 is 20.1 Å². The van der Waals surface area contributed by atoms with E-state index in [9.17, 15) is 24.2 Å². The number of aromatic amines is 2. The number of aliphatic hydroxyl groups excluding tert-OH is 3. The molecule has 3 heterocycles. The molecule has 0 saturated carbocycles. The van der Waals surface area contributed by atoms with Crippen molar-refractivity contribution in [3.05, 3.63) is 26.9 Å². The average molecular weight is 302 g/mol. The van der Waals surface area contributed by atoms with Crippen LogP contribution in [0.1, 0.15) is 6.23 Å². The standard InChI is InChI=1S/C10H11FN4O6/c11-9-13-6-3(7(19)14-9)12-10(20)15(6)8-5(18)4(17)2(1-16)21-8/h2,4-5,8,16-18H,1H2,(H,12,20)(H,13,14,19)/t2-,4-,5-,8-/m1/s1. The van der Waals surface area contributed by atoms with E-state index in [1.807, 2.05) is 0 Å². The third-order valence-electron chi connectivity index (χ3n) is 3.32. The number of hydrogen-bond acceptors (Lipinski definition) is 7. The fourth-order valence-corrected chi connectivity index (χ4v) is 2.31. The summed E-state index contributed by atoms with van der Waals surface area (Å²) in [5.74, 6) is 0. The van der Waals surface area contributed by atoms with Crippen LogP contribution in [0.2, 0.25) is 0 Å². The number of ether oxygens (including phenoxy) is 1. The fraction of sp³-hybridized carbons (Fsp3) is 0.500. The number of aliphatic hydroxyl groups is 3. The summed E-state index contributed by atoms with van der Waals surface area (Å²) in [4.78, 5) is 30.8. The summed E-state index contributed by atoms with van der Waals surface area (Å²) < 4.78 is 19.1. The first kappa shape index (κ1) is 13.9. The monoisotopic (exact) mass is 302 g/mol. The van der Waals surface area contributed by atoms with Crippen LogP contribution in [0.15, 0.2) is 9.59 Å². The molecule has 0 amide bonds. The third kappa shape index (κ3) is 1.98. The van der Waals surface area contributed by atoms with Gasteiger partial charge in [0.15, 0.2) is 17.4 Å². The minimum atomic E-state index is -1.55. The molecule has 0 bridgehead atoms. The Balaban J connectivity index is 2.20. The molecule has 1 aliphatic heterocycles. The Hall–Kier alpha value is -2.08. The Bertz CT molecular complexity index is 797. The van der Waals surface area contributed by atoms with Crippen molar-refractivity contribution in [3.63, 3.8) is 0 Å². The highest BCUT2D eigenvalue weighted by Gasteiger charge is 2.44. The lowest BCUT2D eigenvalue weighted by Crippen LogP contribution is -2.35. The summed E-state index contributed by atoms with van der Waals surface area (Å²) in [6, 6.07) is 0. The van der Waals surface area contributed by atoms with E-state index in [0.29, 0.717) is 0 Å². The van der Waals surface area contributed by atoms with Crippen LogP contribution in [0.5, 0.6) is 0 Å². The van der Waals surface area contributed by atoms with Crippen LogP contribution in [0, 0.1) is 6.08 Å². The van der Waals surface area contributed by atoms with Gasteiger partial charge >= 0.3 is 5.69 Å². The molecule has 114 valence electrons. The first-order chi connectivity index (χ1) is 9.93. The van der Waals surface area contributed by atoms with Crippen LogP contribution in [-0.2, 0) is 4.74 Å². The number of nitrogens with one attached hydrogen (secondary N) is 2. The first-order valence-corrected chi connectivity index (χ1v) is 5.96. The Morgan fingerprint density at radius 1 is 1.29 bits per heavy atom. The quantitative estimate of drug-likeness (QED) is 0.374. The number of rotatable bonds is 2. The van der Waals surface area contributed by atoms with E-state index in [4.69, 9.17) is 9.84 Å². The van der Waals surface area contributed by atoms with Crippen LogP contribution in [0.3, 0.4) is 0 Å². The molecule has 0 aromatic carbocycles. The van der Waals surface area contributed by atoms with Gasteiger partial charge in [-0.3, -0.25) is 14.8 Å². The van der Waals surface area contributed by atoms with Gasteiger partial charge in [0.2, 0.25) is 0 Å². The van der Waals surface area contributed by atoms with Crippen molar-refractivity contribution >= 4 is 11.2 Å². The molecule has 21 heavy (non-hydrogen) atoms. The molecule has 10 nitrogen and oxygen atoms in total. The van der Waals surface area contributed by atoms with Gasteiger partial charge in [0.05, 0.1) is 6.61 Å². The predicted octanol–water partition coefficient (Wildman–Crippen LogP) is -2.84. The van der Waals surface area contributed by atoms with E-state index in [1.165, 1.54) is 0 Å². The highest BCUT2D eigenvalue weighted by Crippen LogP contribution is 2.29. The summed E-state index contributed by atoms with van der Waals surface area (Å²) in [5, 5.41) is 28.6. The lowest BCUT2D eigenvalue weighted by Gasteiger charge is -2.15. The average Bonchev–Trinajstić information content (AvgIpc) is 2.89. The van der Waals surface area contributed by atoms with Gasteiger partial charge in [-0.05, 0) is 0 Å². The second-order valence-electron chi connectivity index (χ2n) is 4.58. The molecule has 0 spiro atoms. The summed E-state index contributed by atoms with van der Waals surface area (Å²) >= 11 is 0. The van der Waals surface area contributed by atoms with Crippen molar-refractivity contribution in [1.82, 2.24) is 19.5 Å². The van der Waals surface area contributed by atoms with Gasteiger partial charge in [-0.15, -0.1) is 0 Å². The van der Waals surface area contributed by atoms with Crippen LogP contribution in [0.25, 0.3) is 11.2 Å². The third-order valence-corrected chi connectivity index (χ3v) is 3.32. The predicted molar refractivity (Wildman–Crippen MR) is 63.9 cm³/mol. The Kier molecular flexibility index (Phi) is 3.13. The fourth-order valence-electron chi connectivity index (χ4n) is 2.31. The topological polar surface area (TPSA) is 153 Å². The number of halogens is 1. The van der Waals surface area contributed by atoms with Crippen LogP contribution in [-0.4, -0.2) is 59.8 Å². The smallest absolute Gasteiger partial charge is 0.330 e. The molecule has 2 aromatic heterocycles. The van der Waals surface area contributed by atoms with Gasteiger partial charge in [0.25, 0.3) is 11.6 Å². The molecule has 5 N–H and O–H groups in total. The first-order valence-electron chi connectivity index (χ1n) is 5.96. The van der Waals surface area contributed by atoms with Gasteiger partial charge in [-0.25, -0.2) is 9.36 Å². The minimum absolute atomic E-state index is 0.292. The maximum absolute atomic E-state index is 13.2. The van der Waals surface area contributed by atoms with Gasteiger partial charge in [-0.1, -0.05) is 0 Å². The van der Waals surface area contributed by atoms with E-state index in [2.05, 4.69) is 9.97 Å². The van der Waals surface area contributed by atoms with E-state index in [1.54, 1.807) is 4.98 Å². The molecule has 2 aromatic rings.